The van der Waals surface area contributed by atoms with E-state index >= 15 is 0 Å². The highest BCUT2D eigenvalue weighted by Crippen LogP contribution is 2.19. The van der Waals surface area contributed by atoms with Crippen LogP contribution in [-0.4, -0.2) is 58.0 Å². The molecule has 1 atom stereocenters. The minimum atomic E-state index is -3.53. The molecular weight excluding hydrogens is 398 g/mol. The Balaban J connectivity index is 1.54. The Kier molecular flexibility index (Phi) is 6.71. The maximum atomic E-state index is 12.8. The molecule has 2 aromatic rings. The quantitative estimate of drug-likeness (QED) is 0.672. The minimum absolute atomic E-state index is 0.00476. The smallest absolute Gasteiger partial charge is 0.278 e. The van der Waals surface area contributed by atoms with Crippen LogP contribution in [0.5, 0.6) is 5.75 Å². The van der Waals surface area contributed by atoms with Crippen molar-refractivity contribution in [3.63, 3.8) is 0 Å². The molecule has 1 amide bonds. The van der Waals surface area contributed by atoms with Gasteiger partial charge in [-0.1, -0.05) is 6.07 Å². The van der Waals surface area contributed by atoms with Gasteiger partial charge in [-0.3, -0.25) is 4.79 Å². The fourth-order valence-corrected chi connectivity index (χ4v) is 5.36. The molecule has 1 saturated heterocycles. The number of ether oxygens (including phenoxy) is 1. The summed E-state index contributed by atoms with van der Waals surface area (Å²) < 4.78 is 32.2. The molecule has 0 spiro atoms. The molecule has 3 rings (SSSR count). The summed E-state index contributed by atoms with van der Waals surface area (Å²) in [6, 6.07) is 10.2. The maximum Gasteiger partial charge on any atom is 0.278 e. The average molecular weight is 425 g/mol. The van der Waals surface area contributed by atoms with Gasteiger partial charge in [0.2, 0.25) is 10.0 Å². The summed E-state index contributed by atoms with van der Waals surface area (Å²) in [4.78, 5) is 14.9. The van der Waals surface area contributed by atoms with Crippen LogP contribution in [0.2, 0.25) is 0 Å². The van der Waals surface area contributed by atoms with E-state index in [1.807, 2.05) is 24.4 Å². The predicted molar refractivity (Wildman–Crippen MR) is 108 cm³/mol. The Labute approximate surface area is 170 Å². The van der Waals surface area contributed by atoms with Gasteiger partial charge < -0.3 is 15.0 Å². The minimum Gasteiger partial charge on any atom is -0.497 e. The van der Waals surface area contributed by atoms with Crippen LogP contribution in [-0.2, 0) is 21.4 Å². The van der Waals surface area contributed by atoms with Crippen molar-refractivity contribution in [2.45, 2.75) is 24.4 Å². The lowest BCUT2D eigenvalue weighted by atomic mass is 10.2. The molecule has 1 aliphatic rings. The highest BCUT2D eigenvalue weighted by molar-refractivity contribution is 7.89. The van der Waals surface area contributed by atoms with Gasteiger partial charge in [-0.15, -0.1) is 11.3 Å². The van der Waals surface area contributed by atoms with Gasteiger partial charge in [0, 0.05) is 4.88 Å². The molecule has 9 heteroatoms. The van der Waals surface area contributed by atoms with E-state index in [0.717, 1.165) is 9.78 Å². The standard InChI is InChI=1S/C19H25N3O4S2/c1-15(19(23)20-14-17-4-3-13-27-17)21-9-11-22(12-10-21)28(24,25)18-7-5-16(26-2)6-8-18/h3-8,13,15H,9-12,14H2,1-2H3,(H,20,23)/p+1/t15-/m0/s1. The summed E-state index contributed by atoms with van der Waals surface area (Å²) in [5.74, 6) is 0.616. The third-order valence-corrected chi connectivity index (χ3v) is 7.87. The number of carbonyl (C=O) groups is 1. The Morgan fingerprint density at radius 1 is 1.25 bits per heavy atom. The van der Waals surface area contributed by atoms with E-state index in [0.29, 0.717) is 38.5 Å². The maximum absolute atomic E-state index is 12.8. The molecule has 0 unspecified atom stereocenters. The molecule has 1 aliphatic heterocycles. The van der Waals surface area contributed by atoms with E-state index in [2.05, 4.69) is 5.32 Å². The molecule has 1 fully saturated rings. The van der Waals surface area contributed by atoms with Crippen LogP contribution in [0.4, 0.5) is 0 Å². The van der Waals surface area contributed by atoms with Crippen molar-refractivity contribution in [3.8, 4) is 5.75 Å². The Morgan fingerprint density at radius 3 is 2.50 bits per heavy atom. The first kappa shape index (κ1) is 20.8. The van der Waals surface area contributed by atoms with Gasteiger partial charge in [0.15, 0.2) is 6.04 Å². The van der Waals surface area contributed by atoms with Crippen LogP contribution in [0.25, 0.3) is 0 Å². The molecule has 0 radical (unpaired) electrons. The van der Waals surface area contributed by atoms with Gasteiger partial charge in [0.25, 0.3) is 5.91 Å². The largest absolute Gasteiger partial charge is 0.497 e. The SMILES string of the molecule is COc1ccc(S(=O)(=O)N2CC[NH+]([C@@H](C)C(=O)NCc3cccs3)CC2)cc1. The number of methoxy groups -OCH3 is 1. The van der Waals surface area contributed by atoms with E-state index < -0.39 is 10.0 Å². The Bertz CT molecular complexity index is 874. The van der Waals surface area contributed by atoms with Crippen molar-refractivity contribution >= 4 is 27.3 Å². The fourth-order valence-electron chi connectivity index (χ4n) is 3.27. The highest BCUT2D eigenvalue weighted by atomic mass is 32.2. The summed E-state index contributed by atoms with van der Waals surface area (Å²) >= 11 is 1.61. The van der Waals surface area contributed by atoms with Gasteiger partial charge in [-0.05, 0) is 42.6 Å². The number of nitrogens with zero attached hydrogens (tertiary/aromatic N) is 1. The number of nitrogens with one attached hydrogen (secondary N) is 2. The fraction of sp³-hybridized carbons (Fsp3) is 0.421. The number of benzene rings is 1. The monoisotopic (exact) mass is 424 g/mol. The third kappa shape index (κ3) is 4.72. The highest BCUT2D eigenvalue weighted by Gasteiger charge is 2.34. The van der Waals surface area contributed by atoms with Crippen LogP contribution >= 0.6 is 11.3 Å². The second kappa shape index (κ2) is 9.04. The molecule has 2 N–H and O–H groups in total. The zero-order valence-corrected chi connectivity index (χ0v) is 17.7. The number of piperazine rings is 1. The topological polar surface area (TPSA) is 80.2 Å². The summed E-state index contributed by atoms with van der Waals surface area (Å²) in [6.07, 6.45) is 0. The van der Waals surface area contributed by atoms with Crippen LogP contribution in [0.3, 0.4) is 0 Å². The zero-order chi connectivity index (χ0) is 20.1. The van der Waals surface area contributed by atoms with Crippen LogP contribution in [0.15, 0.2) is 46.7 Å². The molecule has 152 valence electrons. The normalized spacial score (nSPS) is 17.2. The van der Waals surface area contributed by atoms with Crippen LogP contribution in [0, 0.1) is 0 Å². The van der Waals surface area contributed by atoms with Gasteiger partial charge in [0.05, 0.1) is 44.7 Å². The molecule has 2 heterocycles. The van der Waals surface area contributed by atoms with Crippen molar-refractivity contribution in [2.75, 3.05) is 33.3 Å². The van der Waals surface area contributed by atoms with Crippen molar-refractivity contribution in [1.29, 1.82) is 0 Å². The zero-order valence-electron chi connectivity index (χ0n) is 16.1. The number of carbonyl (C=O) groups excluding carboxylic acids is 1. The van der Waals surface area contributed by atoms with Gasteiger partial charge in [-0.25, -0.2) is 8.42 Å². The first-order chi connectivity index (χ1) is 13.4. The van der Waals surface area contributed by atoms with E-state index in [-0.39, 0.29) is 16.8 Å². The van der Waals surface area contributed by atoms with Crippen molar-refractivity contribution in [2.24, 2.45) is 0 Å². The lowest BCUT2D eigenvalue weighted by Gasteiger charge is -2.34. The average Bonchev–Trinajstić information content (AvgIpc) is 3.25. The number of hydrogen-bond donors (Lipinski definition) is 2. The number of thiophene rings is 1. The molecule has 0 aliphatic carbocycles. The number of rotatable bonds is 7. The molecular formula is C19H26N3O4S2+. The van der Waals surface area contributed by atoms with Crippen molar-refractivity contribution in [1.82, 2.24) is 9.62 Å². The first-order valence-corrected chi connectivity index (χ1v) is 11.5. The van der Waals surface area contributed by atoms with Crippen molar-refractivity contribution < 1.29 is 22.8 Å². The number of sulfonamides is 1. The molecule has 1 aromatic carbocycles. The number of hydrogen-bond acceptors (Lipinski definition) is 5. The molecule has 28 heavy (non-hydrogen) atoms. The molecule has 1 aromatic heterocycles. The first-order valence-electron chi connectivity index (χ1n) is 9.20. The second-order valence-electron chi connectivity index (χ2n) is 6.76. The summed E-state index contributed by atoms with van der Waals surface area (Å²) in [5.41, 5.74) is 0. The van der Waals surface area contributed by atoms with E-state index in [9.17, 15) is 13.2 Å². The Morgan fingerprint density at radius 2 is 1.93 bits per heavy atom. The number of amides is 1. The van der Waals surface area contributed by atoms with Crippen LogP contribution < -0.4 is 15.0 Å². The molecule has 0 saturated carbocycles. The summed E-state index contributed by atoms with van der Waals surface area (Å²) in [6.45, 7) is 4.42. The Hall–Kier alpha value is -1.94. The van der Waals surface area contributed by atoms with Crippen molar-refractivity contribution in [3.05, 3.63) is 46.7 Å². The van der Waals surface area contributed by atoms with Crippen LogP contribution in [0.1, 0.15) is 11.8 Å². The number of quaternary nitrogens is 1. The third-order valence-electron chi connectivity index (χ3n) is 5.08. The van der Waals surface area contributed by atoms with E-state index in [4.69, 9.17) is 4.74 Å². The second-order valence-corrected chi connectivity index (χ2v) is 9.73. The van der Waals surface area contributed by atoms with Gasteiger partial charge in [0.1, 0.15) is 5.75 Å². The lowest BCUT2D eigenvalue weighted by molar-refractivity contribution is -0.917. The van der Waals surface area contributed by atoms with Gasteiger partial charge in [-0.2, -0.15) is 4.31 Å². The summed E-state index contributed by atoms with van der Waals surface area (Å²) in [7, 11) is -1.99. The molecule has 0 bridgehead atoms. The lowest BCUT2D eigenvalue weighted by Crippen LogP contribution is -3.19. The predicted octanol–water partition coefficient (Wildman–Crippen LogP) is 0.351. The van der Waals surface area contributed by atoms with Gasteiger partial charge >= 0.3 is 0 Å². The van der Waals surface area contributed by atoms with E-state index in [1.54, 1.807) is 42.7 Å². The van der Waals surface area contributed by atoms with E-state index in [1.165, 1.54) is 4.31 Å². The molecule has 7 nitrogen and oxygen atoms in total. The summed E-state index contributed by atoms with van der Waals surface area (Å²) in [5, 5.41) is 4.95.